The third-order valence-electron chi connectivity index (χ3n) is 18.5. The van der Waals surface area contributed by atoms with Gasteiger partial charge >= 0.3 is 0 Å². The van der Waals surface area contributed by atoms with Crippen LogP contribution in [0.15, 0.2) is 48.9 Å². The van der Waals surface area contributed by atoms with Crippen molar-refractivity contribution in [3.05, 3.63) is 65.7 Å². The van der Waals surface area contributed by atoms with Crippen molar-refractivity contribution in [1.82, 2.24) is 44.4 Å². The number of piperidine rings is 5. The van der Waals surface area contributed by atoms with E-state index in [1.54, 1.807) is 6.20 Å². The Bertz CT molecular complexity index is 2790. The van der Waals surface area contributed by atoms with Crippen molar-refractivity contribution in [2.75, 3.05) is 69.1 Å². The molecule has 1 aromatic carbocycles. The molecule has 386 valence electrons. The number of amides is 5. The minimum atomic E-state index is -0.684. The summed E-state index contributed by atoms with van der Waals surface area (Å²) in [5.74, 6) is 0.813. The number of carbonyl (C=O) groups is 5. The van der Waals surface area contributed by atoms with E-state index in [-0.39, 0.29) is 53.5 Å². The number of nitrogens with zero attached hydrogens (tertiary/aromatic N) is 9. The summed E-state index contributed by atoms with van der Waals surface area (Å²) in [6, 6.07) is 14.0. The van der Waals surface area contributed by atoms with Gasteiger partial charge in [-0.05, 0) is 153 Å². The monoisotopic (exact) mass is 992 g/mol. The van der Waals surface area contributed by atoms with Gasteiger partial charge in [-0.3, -0.25) is 39.2 Å². The zero-order valence-corrected chi connectivity index (χ0v) is 43.1. The summed E-state index contributed by atoms with van der Waals surface area (Å²) >= 11 is 0. The molecule has 9 heterocycles. The molecule has 4 aromatic rings. The third kappa shape index (κ3) is 9.01. The van der Waals surface area contributed by atoms with Crippen LogP contribution in [0.5, 0.6) is 0 Å². The number of fused-ring (bicyclic) bond motifs is 3. The van der Waals surface area contributed by atoms with Crippen LogP contribution in [0, 0.1) is 5.41 Å². The zero-order chi connectivity index (χ0) is 50.2. The van der Waals surface area contributed by atoms with Crippen LogP contribution in [0.3, 0.4) is 0 Å². The fourth-order valence-corrected chi connectivity index (χ4v) is 13.6. The van der Waals surface area contributed by atoms with Crippen LogP contribution in [-0.4, -0.2) is 146 Å². The van der Waals surface area contributed by atoms with Crippen molar-refractivity contribution in [3.8, 4) is 11.3 Å². The predicted octanol–water partition coefficient (Wildman–Crippen LogP) is 6.90. The van der Waals surface area contributed by atoms with E-state index in [0.717, 1.165) is 115 Å². The van der Waals surface area contributed by atoms with Crippen LogP contribution in [0.4, 0.5) is 11.5 Å². The van der Waals surface area contributed by atoms with Gasteiger partial charge in [-0.25, -0.2) is 9.97 Å². The quantitative estimate of drug-likeness (QED) is 0.150. The Morgan fingerprint density at radius 3 is 2.23 bits per heavy atom. The Labute approximate surface area is 429 Å². The Hall–Kier alpha value is -5.74. The number of likely N-dealkylation sites (tertiary alicyclic amines) is 4. The van der Waals surface area contributed by atoms with Crippen molar-refractivity contribution in [2.24, 2.45) is 5.41 Å². The van der Waals surface area contributed by atoms with Crippen molar-refractivity contribution in [1.29, 1.82) is 0 Å². The lowest BCUT2D eigenvalue weighted by Crippen LogP contribution is -2.59. The van der Waals surface area contributed by atoms with E-state index in [4.69, 9.17) is 15.0 Å². The van der Waals surface area contributed by atoms with Crippen molar-refractivity contribution < 1.29 is 24.0 Å². The van der Waals surface area contributed by atoms with Crippen LogP contribution in [0.1, 0.15) is 152 Å². The first kappa shape index (κ1) is 48.2. The summed E-state index contributed by atoms with van der Waals surface area (Å²) in [5.41, 5.74) is 6.49. The number of anilines is 2. The molecule has 0 unspecified atom stereocenters. The second-order valence-corrected chi connectivity index (χ2v) is 23.6. The smallest absolute Gasteiger partial charge is 0.238 e. The molecule has 1 atom stereocenters. The van der Waals surface area contributed by atoms with Crippen LogP contribution in [0.25, 0.3) is 22.3 Å². The van der Waals surface area contributed by atoms with E-state index in [1.165, 1.54) is 19.3 Å². The number of aromatic nitrogens is 4. The summed E-state index contributed by atoms with van der Waals surface area (Å²) in [6.07, 6.45) is 16.8. The summed E-state index contributed by atoms with van der Waals surface area (Å²) in [5, 5.41) is 6.14. The summed E-state index contributed by atoms with van der Waals surface area (Å²) in [4.78, 5) is 93.5. The molecule has 2 saturated carbocycles. The second kappa shape index (κ2) is 19.2. The molecule has 5 amide bonds. The van der Waals surface area contributed by atoms with E-state index in [2.05, 4.69) is 74.9 Å². The van der Waals surface area contributed by atoms with Gasteiger partial charge in [0.25, 0.3) is 0 Å². The van der Waals surface area contributed by atoms with Gasteiger partial charge in [0.1, 0.15) is 5.52 Å². The van der Waals surface area contributed by atoms with Gasteiger partial charge in [0.2, 0.25) is 29.5 Å². The number of imidazole rings is 1. The van der Waals surface area contributed by atoms with Gasteiger partial charge in [-0.1, -0.05) is 31.5 Å². The van der Waals surface area contributed by atoms with Crippen LogP contribution in [0.2, 0.25) is 0 Å². The summed E-state index contributed by atoms with van der Waals surface area (Å²) in [7, 11) is 0. The number of benzene rings is 1. The molecule has 3 aromatic heterocycles. The fraction of sp³-hybridized carbons (Fsp3) is 0.614. The molecule has 16 heteroatoms. The number of nitrogens with one attached hydrogen (secondary N) is 2. The maximum Gasteiger partial charge on any atom is 0.238 e. The molecular formula is C57H73N11O5. The number of rotatable bonds is 11. The summed E-state index contributed by atoms with van der Waals surface area (Å²) < 4.78 is 2.20. The number of hydrogen-bond donors (Lipinski definition) is 2. The van der Waals surface area contributed by atoms with Gasteiger partial charge in [0, 0.05) is 91.2 Å². The van der Waals surface area contributed by atoms with E-state index in [9.17, 15) is 19.2 Å². The lowest BCUT2D eigenvalue weighted by Gasteiger charge is -2.48. The topological polar surface area (TPSA) is 169 Å². The molecular weight excluding hydrogens is 919 g/mol. The van der Waals surface area contributed by atoms with Gasteiger partial charge in [-0.15, -0.1) is 0 Å². The van der Waals surface area contributed by atoms with Crippen LogP contribution >= 0.6 is 0 Å². The highest BCUT2D eigenvalue weighted by atomic mass is 16.2. The molecule has 2 aliphatic carbocycles. The van der Waals surface area contributed by atoms with Crippen molar-refractivity contribution in [3.63, 3.8) is 0 Å². The summed E-state index contributed by atoms with van der Waals surface area (Å²) in [6.45, 7) is 12.9. The molecule has 0 bridgehead atoms. The van der Waals surface area contributed by atoms with E-state index in [0.29, 0.717) is 83.3 Å². The molecule has 16 nitrogen and oxygen atoms in total. The molecule has 8 aliphatic rings. The Balaban J connectivity index is 0.689. The minimum Gasteiger partial charge on any atom is -0.366 e. The molecule has 2 N–H and O–H groups in total. The molecule has 5 saturated heterocycles. The molecule has 7 fully saturated rings. The Kier molecular flexibility index (Phi) is 12.7. The maximum atomic E-state index is 15.3. The highest BCUT2D eigenvalue weighted by Crippen LogP contribution is 2.53. The highest BCUT2D eigenvalue weighted by molar-refractivity contribution is 6.09. The largest absolute Gasteiger partial charge is 0.366 e. The number of carbonyl (C=O) groups excluding carboxylic acids is 5. The van der Waals surface area contributed by atoms with Crippen LogP contribution in [-0.2, 0) is 29.4 Å². The van der Waals surface area contributed by atoms with E-state index >= 15 is 4.79 Å². The van der Waals surface area contributed by atoms with Crippen molar-refractivity contribution in [2.45, 2.75) is 159 Å². The lowest BCUT2D eigenvalue weighted by atomic mass is 9.72. The zero-order valence-electron chi connectivity index (χ0n) is 43.1. The maximum absolute atomic E-state index is 15.3. The molecule has 0 radical (unpaired) electrons. The molecule has 6 aliphatic heterocycles. The molecule has 1 spiro atoms. The average molecular weight is 992 g/mol. The average Bonchev–Trinajstić information content (AvgIpc) is 4.06. The van der Waals surface area contributed by atoms with E-state index in [1.807, 2.05) is 28.3 Å². The van der Waals surface area contributed by atoms with E-state index < -0.39 is 10.8 Å². The highest BCUT2D eigenvalue weighted by Gasteiger charge is 2.56. The normalized spacial score (nSPS) is 25.8. The van der Waals surface area contributed by atoms with Gasteiger partial charge in [-0.2, -0.15) is 0 Å². The molecule has 73 heavy (non-hydrogen) atoms. The van der Waals surface area contributed by atoms with Crippen LogP contribution < -0.4 is 15.5 Å². The van der Waals surface area contributed by atoms with Crippen molar-refractivity contribution >= 4 is 52.1 Å². The number of hydrogen-bond acceptors (Lipinski definition) is 11. The first-order valence-corrected chi connectivity index (χ1v) is 27.8. The predicted molar refractivity (Wildman–Crippen MR) is 279 cm³/mol. The first-order chi connectivity index (χ1) is 35.3. The Morgan fingerprint density at radius 2 is 1.55 bits per heavy atom. The third-order valence-corrected chi connectivity index (χ3v) is 18.5. The number of imide groups is 1. The lowest BCUT2D eigenvalue weighted by molar-refractivity contribution is -0.149. The first-order valence-electron chi connectivity index (χ1n) is 27.8. The second-order valence-electron chi connectivity index (χ2n) is 23.6. The van der Waals surface area contributed by atoms with Gasteiger partial charge in [0.15, 0.2) is 5.82 Å². The SMILES string of the molecule is CC(C)n1cnc2cc(-c3ccc4c(c3)N(C3CC(N5CCCCC5)C3)C(=O)C43CCN(C(=O)C4(C)CCN(C(=O)CN5CCC(c6ccc([C@H]7CCC(=O)NC7=O)cn6)CC5)CC4)CC3)nc(NC3CC3)c21. The fourth-order valence-electron chi connectivity index (χ4n) is 13.6. The minimum absolute atomic E-state index is 0.119. The van der Waals surface area contributed by atoms with Gasteiger partial charge < -0.3 is 29.5 Å². The Morgan fingerprint density at radius 1 is 0.808 bits per heavy atom. The standard InChI is InChI=1S/C57H73N11O5/c1-36(2)67-35-59-47-32-46(61-52(51(47)67)60-40-9-10-40)38-7-12-44-48(29-38)68(42-30-41(31-42)64-21-5-4-6-22-64)55(73)57(44)19-27-66(28-20-57)54(72)56(3)17-25-65(26-18-56)50(70)34-63-23-15-37(16-24-63)45-13-8-39(33-58-45)43-11-14-49(69)62-53(43)71/h7-8,12-13,29,32-33,35-37,40-43H,4-6,9-11,14-28,30-31,34H2,1-3H3,(H,60,61)(H,62,69,71)/t41?,42?,43-/m1/s1. The van der Waals surface area contributed by atoms with Gasteiger partial charge in [0.05, 0.1) is 35.4 Å². The number of pyridine rings is 2. The molecule has 12 rings (SSSR count).